The van der Waals surface area contributed by atoms with Gasteiger partial charge in [0.15, 0.2) is 11.5 Å². The third-order valence-corrected chi connectivity index (χ3v) is 4.31. The SMILES string of the molecule is COc1ccc(NC(=O)CN(C)C(=O)Cc2ccc(OC)c(OC)c2OC)cc1. The molecule has 0 radical (unpaired) electrons. The van der Waals surface area contributed by atoms with E-state index in [1.807, 2.05) is 0 Å². The van der Waals surface area contributed by atoms with Crippen LogP contribution in [-0.4, -0.2) is 58.7 Å². The molecule has 2 aromatic rings. The molecule has 156 valence electrons. The van der Waals surface area contributed by atoms with Crippen LogP contribution in [0.1, 0.15) is 5.56 Å². The maximum absolute atomic E-state index is 12.6. The first kappa shape index (κ1) is 21.9. The Balaban J connectivity index is 2.02. The van der Waals surface area contributed by atoms with Gasteiger partial charge < -0.3 is 29.2 Å². The Hall–Kier alpha value is -3.42. The lowest BCUT2D eigenvalue weighted by Crippen LogP contribution is -2.35. The lowest BCUT2D eigenvalue weighted by atomic mass is 10.1. The second-order valence-corrected chi connectivity index (χ2v) is 6.20. The van der Waals surface area contributed by atoms with Crippen LogP contribution in [0.5, 0.6) is 23.0 Å². The van der Waals surface area contributed by atoms with Crippen molar-refractivity contribution >= 4 is 17.5 Å². The molecule has 0 bridgehead atoms. The molecule has 0 aliphatic heterocycles. The summed E-state index contributed by atoms with van der Waals surface area (Å²) in [6.07, 6.45) is 0.0514. The van der Waals surface area contributed by atoms with Crippen LogP contribution >= 0.6 is 0 Å². The Kier molecular flexibility index (Phi) is 7.70. The van der Waals surface area contributed by atoms with Crippen molar-refractivity contribution in [2.24, 2.45) is 0 Å². The number of carbonyl (C=O) groups is 2. The summed E-state index contributed by atoms with van der Waals surface area (Å²) in [4.78, 5) is 26.2. The molecule has 0 aliphatic carbocycles. The Bertz CT molecular complexity index is 851. The first-order valence-corrected chi connectivity index (χ1v) is 8.89. The van der Waals surface area contributed by atoms with Crippen molar-refractivity contribution in [3.05, 3.63) is 42.0 Å². The summed E-state index contributed by atoms with van der Waals surface area (Å²) in [5, 5.41) is 2.75. The molecule has 0 saturated carbocycles. The molecule has 2 aromatic carbocycles. The molecule has 0 heterocycles. The zero-order valence-corrected chi connectivity index (χ0v) is 17.3. The zero-order valence-electron chi connectivity index (χ0n) is 17.3. The standard InChI is InChI=1S/C21H26N2O6/c1-23(13-18(24)22-15-7-9-16(26-2)10-8-15)19(25)12-14-6-11-17(27-3)21(29-5)20(14)28-4/h6-11H,12-13H2,1-5H3,(H,22,24). The highest BCUT2D eigenvalue weighted by Crippen LogP contribution is 2.39. The van der Waals surface area contributed by atoms with Crippen LogP contribution in [0.4, 0.5) is 5.69 Å². The van der Waals surface area contributed by atoms with Gasteiger partial charge in [0.1, 0.15) is 5.75 Å². The van der Waals surface area contributed by atoms with Gasteiger partial charge in [-0.25, -0.2) is 0 Å². The van der Waals surface area contributed by atoms with Crippen LogP contribution in [0.3, 0.4) is 0 Å². The second kappa shape index (κ2) is 10.2. The summed E-state index contributed by atoms with van der Waals surface area (Å²) in [6.45, 7) is -0.0829. The van der Waals surface area contributed by atoms with Crippen molar-refractivity contribution in [1.29, 1.82) is 0 Å². The topological polar surface area (TPSA) is 86.3 Å². The average molecular weight is 402 g/mol. The average Bonchev–Trinajstić information content (AvgIpc) is 2.73. The number of rotatable bonds is 9. The Morgan fingerprint density at radius 2 is 1.52 bits per heavy atom. The van der Waals surface area contributed by atoms with E-state index in [1.54, 1.807) is 50.6 Å². The number of hydrogen-bond donors (Lipinski definition) is 1. The summed E-state index contributed by atoms with van der Waals surface area (Å²) in [5.74, 6) is 1.51. The summed E-state index contributed by atoms with van der Waals surface area (Å²) < 4.78 is 21.1. The molecule has 0 unspecified atom stereocenters. The van der Waals surface area contributed by atoms with E-state index in [0.29, 0.717) is 34.2 Å². The number of hydrogen-bond acceptors (Lipinski definition) is 6. The Morgan fingerprint density at radius 1 is 0.862 bits per heavy atom. The third kappa shape index (κ3) is 5.54. The minimum atomic E-state index is -0.301. The van der Waals surface area contributed by atoms with E-state index in [1.165, 1.54) is 26.2 Å². The summed E-state index contributed by atoms with van der Waals surface area (Å²) in [5.41, 5.74) is 1.26. The quantitative estimate of drug-likeness (QED) is 0.693. The highest BCUT2D eigenvalue weighted by molar-refractivity contribution is 5.94. The molecule has 2 amide bonds. The van der Waals surface area contributed by atoms with Crippen LogP contribution in [0.25, 0.3) is 0 Å². The smallest absolute Gasteiger partial charge is 0.243 e. The Labute approximate surface area is 170 Å². The number of ether oxygens (including phenoxy) is 4. The molecule has 0 saturated heterocycles. The number of nitrogens with one attached hydrogen (secondary N) is 1. The third-order valence-electron chi connectivity index (χ3n) is 4.31. The first-order chi connectivity index (χ1) is 13.9. The number of carbonyl (C=O) groups excluding carboxylic acids is 2. The molecule has 29 heavy (non-hydrogen) atoms. The number of anilines is 1. The fourth-order valence-electron chi connectivity index (χ4n) is 2.78. The van der Waals surface area contributed by atoms with Crippen LogP contribution < -0.4 is 24.3 Å². The lowest BCUT2D eigenvalue weighted by molar-refractivity contribution is -0.132. The van der Waals surface area contributed by atoms with Crippen LogP contribution in [-0.2, 0) is 16.0 Å². The minimum absolute atomic E-state index is 0.0514. The van der Waals surface area contributed by atoms with Gasteiger partial charge >= 0.3 is 0 Å². The highest BCUT2D eigenvalue weighted by atomic mass is 16.5. The summed E-state index contributed by atoms with van der Waals surface area (Å²) in [6, 6.07) is 10.4. The zero-order chi connectivity index (χ0) is 21.4. The van der Waals surface area contributed by atoms with Gasteiger partial charge in [-0.05, 0) is 30.3 Å². The predicted octanol–water partition coefficient (Wildman–Crippen LogP) is 2.36. The maximum Gasteiger partial charge on any atom is 0.243 e. The Morgan fingerprint density at radius 3 is 2.07 bits per heavy atom. The highest BCUT2D eigenvalue weighted by Gasteiger charge is 2.20. The lowest BCUT2D eigenvalue weighted by Gasteiger charge is -2.19. The van der Waals surface area contributed by atoms with Crippen molar-refractivity contribution in [2.75, 3.05) is 47.3 Å². The molecule has 8 heteroatoms. The second-order valence-electron chi connectivity index (χ2n) is 6.20. The van der Waals surface area contributed by atoms with E-state index in [4.69, 9.17) is 18.9 Å². The number of amides is 2. The molecule has 8 nitrogen and oxygen atoms in total. The van der Waals surface area contributed by atoms with E-state index >= 15 is 0 Å². The minimum Gasteiger partial charge on any atom is -0.497 e. The molecule has 0 aliphatic rings. The molecular weight excluding hydrogens is 376 g/mol. The predicted molar refractivity (Wildman–Crippen MR) is 109 cm³/mol. The van der Waals surface area contributed by atoms with E-state index in [0.717, 1.165) is 0 Å². The van der Waals surface area contributed by atoms with Crippen molar-refractivity contribution in [2.45, 2.75) is 6.42 Å². The summed E-state index contributed by atoms with van der Waals surface area (Å²) in [7, 11) is 7.67. The molecular formula is C21H26N2O6. The van der Waals surface area contributed by atoms with Crippen LogP contribution in [0.2, 0.25) is 0 Å². The van der Waals surface area contributed by atoms with Crippen molar-refractivity contribution in [3.8, 4) is 23.0 Å². The molecule has 2 rings (SSSR count). The molecule has 0 atom stereocenters. The summed E-state index contributed by atoms with van der Waals surface area (Å²) >= 11 is 0. The van der Waals surface area contributed by atoms with Crippen molar-refractivity contribution < 1.29 is 28.5 Å². The fourth-order valence-corrected chi connectivity index (χ4v) is 2.78. The van der Waals surface area contributed by atoms with Gasteiger partial charge in [-0.1, -0.05) is 6.07 Å². The largest absolute Gasteiger partial charge is 0.497 e. The van der Waals surface area contributed by atoms with Gasteiger partial charge in [-0.3, -0.25) is 9.59 Å². The fraction of sp³-hybridized carbons (Fsp3) is 0.333. The molecule has 0 aromatic heterocycles. The monoisotopic (exact) mass is 402 g/mol. The van der Waals surface area contributed by atoms with E-state index in [-0.39, 0.29) is 24.8 Å². The molecule has 1 N–H and O–H groups in total. The van der Waals surface area contributed by atoms with Crippen molar-refractivity contribution in [1.82, 2.24) is 4.90 Å². The number of nitrogens with zero attached hydrogens (tertiary/aromatic N) is 1. The van der Waals surface area contributed by atoms with Crippen molar-refractivity contribution in [3.63, 3.8) is 0 Å². The van der Waals surface area contributed by atoms with Gasteiger partial charge in [-0.2, -0.15) is 0 Å². The van der Waals surface area contributed by atoms with E-state index < -0.39 is 0 Å². The number of methoxy groups -OCH3 is 4. The first-order valence-electron chi connectivity index (χ1n) is 8.89. The normalized spacial score (nSPS) is 10.1. The van der Waals surface area contributed by atoms with Gasteiger partial charge in [0.2, 0.25) is 17.6 Å². The van der Waals surface area contributed by atoms with Gasteiger partial charge in [0.05, 0.1) is 41.4 Å². The molecule has 0 spiro atoms. The van der Waals surface area contributed by atoms with E-state index in [2.05, 4.69) is 5.32 Å². The molecule has 0 fully saturated rings. The van der Waals surface area contributed by atoms with Gasteiger partial charge in [-0.15, -0.1) is 0 Å². The van der Waals surface area contributed by atoms with Crippen LogP contribution in [0, 0.1) is 0 Å². The number of benzene rings is 2. The van der Waals surface area contributed by atoms with Gasteiger partial charge in [0, 0.05) is 18.3 Å². The van der Waals surface area contributed by atoms with Gasteiger partial charge in [0.25, 0.3) is 0 Å². The number of likely N-dealkylation sites (N-methyl/N-ethyl adjacent to an activating group) is 1. The van der Waals surface area contributed by atoms with E-state index in [9.17, 15) is 9.59 Å². The maximum atomic E-state index is 12.6. The van der Waals surface area contributed by atoms with Crippen LogP contribution in [0.15, 0.2) is 36.4 Å².